The second kappa shape index (κ2) is 61.0. The van der Waals surface area contributed by atoms with Crippen LogP contribution in [0.5, 0.6) is 0 Å². The third kappa shape index (κ3) is 59.2. The molecule has 0 radical (unpaired) electrons. The maximum Gasteiger partial charge on any atom is 0.306 e. The minimum Gasteiger partial charge on any atom is -0.462 e. The molecule has 0 saturated heterocycles. The zero-order valence-electron chi connectivity index (χ0n) is 48.5. The van der Waals surface area contributed by atoms with E-state index in [1.807, 2.05) is 0 Å². The summed E-state index contributed by atoms with van der Waals surface area (Å²) < 4.78 is 16.9. The highest BCUT2D eigenvalue weighted by atomic mass is 16.6. The molecule has 1 atom stereocenters. The van der Waals surface area contributed by atoms with Crippen LogP contribution in [0.1, 0.15) is 380 Å². The Morgan fingerprint density at radius 1 is 0.225 bits per heavy atom. The van der Waals surface area contributed by atoms with Crippen molar-refractivity contribution in [1.29, 1.82) is 0 Å². The van der Waals surface area contributed by atoms with Crippen molar-refractivity contribution in [3.05, 3.63) is 0 Å². The molecule has 0 bridgehead atoms. The molecule has 0 aromatic rings. The van der Waals surface area contributed by atoms with Gasteiger partial charge in [0, 0.05) is 19.3 Å². The van der Waals surface area contributed by atoms with Gasteiger partial charge in [-0.3, -0.25) is 14.4 Å². The lowest BCUT2D eigenvalue weighted by molar-refractivity contribution is -0.167. The molecule has 0 fully saturated rings. The Balaban J connectivity index is 4.17. The number of unbranched alkanes of at least 4 members (excludes halogenated alkanes) is 50. The Morgan fingerprint density at radius 3 is 0.563 bits per heavy atom. The van der Waals surface area contributed by atoms with Crippen LogP contribution in [0.4, 0.5) is 0 Å². The predicted octanol–water partition coefficient (Wildman–Crippen LogP) is 21.9. The minimum absolute atomic E-state index is 0.0606. The van der Waals surface area contributed by atoms with Gasteiger partial charge in [0.25, 0.3) is 0 Å². The van der Waals surface area contributed by atoms with Gasteiger partial charge in [-0.15, -0.1) is 0 Å². The molecule has 0 amide bonds. The van der Waals surface area contributed by atoms with Gasteiger partial charge in [0.1, 0.15) is 13.2 Å². The van der Waals surface area contributed by atoms with Gasteiger partial charge < -0.3 is 14.2 Å². The van der Waals surface area contributed by atoms with E-state index in [1.165, 1.54) is 283 Å². The molecule has 0 aliphatic heterocycles. The number of ether oxygens (including phenoxy) is 3. The van der Waals surface area contributed by atoms with Crippen LogP contribution in [-0.2, 0) is 28.6 Å². The maximum absolute atomic E-state index is 12.9. The van der Waals surface area contributed by atoms with Gasteiger partial charge >= 0.3 is 17.9 Å². The average molecular weight is 1000 g/mol. The largest absolute Gasteiger partial charge is 0.462 e. The second-order valence-electron chi connectivity index (χ2n) is 22.4. The smallest absolute Gasteiger partial charge is 0.306 e. The van der Waals surface area contributed by atoms with Gasteiger partial charge in [0.2, 0.25) is 0 Å². The Labute approximate surface area is 444 Å². The second-order valence-corrected chi connectivity index (χ2v) is 22.4. The van der Waals surface area contributed by atoms with Crippen molar-refractivity contribution in [2.45, 2.75) is 386 Å². The summed E-state index contributed by atoms with van der Waals surface area (Å²) in [4.78, 5) is 38.2. The average Bonchev–Trinajstić information content (AvgIpc) is 3.37. The zero-order chi connectivity index (χ0) is 51.4. The zero-order valence-corrected chi connectivity index (χ0v) is 48.5. The van der Waals surface area contributed by atoms with Crippen LogP contribution >= 0.6 is 0 Å². The van der Waals surface area contributed by atoms with E-state index in [4.69, 9.17) is 14.2 Å². The first-order chi connectivity index (χ1) is 35.0. The number of carbonyl (C=O) groups excluding carboxylic acids is 3. The van der Waals surface area contributed by atoms with E-state index in [0.717, 1.165) is 57.8 Å². The van der Waals surface area contributed by atoms with Gasteiger partial charge in [0.15, 0.2) is 6.10 Å². The normalized spacial score (nSPS) is 11.9. The number of esters is 3. The van der Waals surface area contributed by atoms with Crippen molar-refractivity contribution in [1.82, 2.24) is 0 Å². The van der Waals surface area contributed by atoms with Gasteiger partial charge in [-0.1, -0.05) is 342 Å². The van der Waals surface area contributed by atoms with Gasteiger partial charge in [0.05, 0.1) is 0 Å². The lowest BCUT2D eigenvalue weighted by Gasteiger charge is -2.18. The fourth-order valence-electron chi connectivity index (χ4n) is 10.2. The van der Waals surface area contributed by atoms with E-state index in [9.17, 15) is 14.4 Å². The molecule has 0 aromatic heterocycles. The van der Waals surface area contributed by atoms with Crippen LogP contribution in [0, 0.1) is 0 Å². The molecule has 0 heterocycles. The Hall–Kier alpha value is -1.59. The molecule has 422 valence electrons. The van der Waals surface area contributed by atoms with Crippen molar-refractivity contribution < 1.29 is 28.6 Å². The van der Waals surface area contributed by atoms with Crippen LogP contribution in [0.15, 0.2) is 0 Å². The number of hydrogen-bond donors (Lipinski definition) is 0. The molecule has 0 N–H and O–H groups in total. The summed E-state index contributed by atoms with van der Waals surface area (Å²) in [7, 11) is 0. The fraction of sp³-hybridized carbons (Fsp3) is 0.954. The van der Waals surface area contributed by atoms with Crippen molar-refractivity contribution in [2.24, 2.45) is 0 Å². The monoisotopic (exact) mass is 1000 g/mol. The summed E-state index contributed by atoms with van der Waals surface area (Å²) in [5, 5.41) is 0. The van der Waals surface area contributed by atoms with Crippen molar-refractivity contribution in [3.8, 4) is 0 Å². The summed E-state index contributed by atoms with van der Waals surface area (Å²) in [5.41, 5.74) is 0. The molecule has 1 unspecified atom stereocenters. The summed E-state index contributed by atoms with van der Waals surface area (Å²) in [6.07, 6.45) is 69.7. The molecule has 0 aliphatic rings. The molecule has 0 aromatic carbocycles. The number of carbonyl (C=O) groups is 3. The maximum atomic E-state index is 12.9. The van der Waals surface area contributed by atoms with Gasteiger partial charge in [-0.2, -0.15) is 0 Å². The van der Waals surface area contributed by atoms with Crippen LogP contribution in [0.2, 0.25) is 0 Å². The van der Waals surface area contributed by atoms with Crippen molar-refractivity contribution >= 4 is 17.9 Å². The third-order valence-corrected chi connectivity index (χ3v) is 15.1. The van der Waals surface area contributed by atoms with Crippen LogP contribution < -0.4 is 0 Å². The molecule has 0 saturated carbocycles. The van der Waals surface area contributed by atoms with Crippen LogP contribution in [-0.4, -0.2) is 37.2 Å². The molecule has 0 spiro atoms. The first kappa shape index (κ1) is 69.4. The number of rotatable bonds is 61. The van der Waals surface area contributed by atoms with E-state index >= 15 is 0 Å². The van der Waals surface area contributed by atoms with E-state index in [1.54, 1.807) is 0 Å². The molecule has 6 heteroatoms. The van der Waals surface area contributed by atoms with Gasteiger partial charge in [-0.05, 0) is 19.3 Å². The third-order valence-electron chi connectivity index (χ3n) is 15.1. The Bertz CT molecular complexity index is 1060. The topological polar surface area (TPSA) is 78.9 Å². The van der Waals surface area contributed by atoms with Crippen LogP contribution in [0.3, 0.4) is 0 Å². The summed E-state index contributed by atoms with van der Waals surface area (Å²) in [6, 6.07) is 0. The van der Waals surface area contributed by atoms with Gasteiger partial charge in [-0.25, -0.2) is 0 Å². The Morgan fingerprint density at radius 2 is 0.380 bits per heavy atom. The van der Waals surface area contributed by atoms with E-state index in [2.05, 4.69) is 20.8 Å². The van der Waals surface area contributed by atoms with Crippen molar-refractivity contribution in [2.75, 3.05) is 13.2 Å². The lowest BCUT2D eigenvalue weighted by atomic mass is 10.0. The Kier molecular flexibility index (Phi) is 59.6. The summed E-state index contributed by atoms with van der Waals surface area (Å²) in [5.74, 6) is -0.826. The highest BCUT2D eigenvalue weighted by Crippen LogP contribution is 2.19. The first-order valence-corrected chi connectivity index (χ1v) is 32.5. The standard InChI is InChI=1S/C65H126O6/c1-4-7-10-13-16-19-22-25-28-29-30-31-32-33-34-35-36-37-38-41-43-46-49-52-55-58-64(67)70-61-62(71-65(68)59-56-53-50-47-44-40-27-24-21-18-15-12-9-6-3)60-69-63(66)57-54-51-48-45-42-39-26-23-20-17-14-11-8-5-2/h62H,4-61H2,1-3H3. The van der Waals surface area contributed by atoms with E-state index in [0.29, 0.717) is 19.3 Å². The van der Waals surface area contributed by atoms with Crippen LogP contribution in [0.25, 0.3) is 0 Å². The van der Waals surface area contributed by atoms with E-state index < -0.39 is 6.10 Å². The first-order valence-electron chi connectivity index (χ1n) is 32.5. The highest BCUT2D eigenvalue weighted by Gasteiger charge is 2.19. The fourth-order valence-corrected chi connectivity index (χ4v) is 10.2. The molecular formula is C65H126O6. The summed E-state index contributed by atoms with van der Waals surface area (Å²) >= 11 is 0. The molecule has 0 aliphatic carbocycles. The lowest BCUT2D eigenvalue weighted by Crippen LogP contribution is -2.30. The molecule has 6 nitrogen and oxygen atoms in total. The predicted molar refractivity (Wildman–Crippen MR) is 307 cm³/mol. The summed E-state index contributed by atoms with van der Waals surface area (Å²) in [6.45, 7) is 6.72. The van der Waals surface area contributed by atoms with E-state index in [-0.39, 0.29) is 31.1 Å². The molecule has 71 heavy (non-hydrogen) atoms. The molecular weight excluding hydrogens is 877 g/mol. The van der Waals surface area contributed by atoms with Crippen molar-refractivity contribution in [3.63, 3.8) is 0 Å². The SMILES string of the molecule is CCCCCCCCCCCCCCCCCCCCCCCCCCCC(=O)OCC(COC(=O)CCCCCCCCCCCCCCCC)OC(=O)CCCCCCCCCCCCCCCC. The quantitative estimate of drug-likeness (QED) is 0.0343. The highest BCUT2D eigenvalue weighted by molar-refractivity contribution is 5.71. The molecule has 0 rings (SSSR count). The minimum atomic E-state index is -0.762. The number of hydrogen-bond acceptors (Lipinski definition) is 6.